The number of hydrogen-bond acceptors (Lipinski definition) is 7. The predicted molar refractivity (Wildman–Crippen MR) is 98.6 cm³/mol. The molecule has 0 unspecified atom stereocenters. The fourth-order valence-corrected chi connectivity index (χ4v) is 3.73. The number of carboxylic acids is 1. The number of benzene rings is 2. The van der Waals surface area contributed by atoms with E-state index < -0.39 is 5.97 Å². The van der Waals surface area contributed by atoms with Gasteiger partial charge in [-0.05, 0) is 30.3 Å². The molecule has 3 aromatic rings. The summed E-state index contributed by atoms with van der Waals surface area (Å²) in [6.07, 6.45) is 0. The van der Waals surface area contributed by atoms with Gasteiger partial charge in [0.15, 0.2) is 0 Å². The van der Waals surface area contributed by atoms with Crippen molar-refractivity contribution in [1.82, 2.24) is 4.98 Å². The molecule has 0 saturated heterocycles. The molecule has 0 radical (unpaired) electrons. The Hall–Kier alpha value is -2.71. The van der Waals surface area contributed by atoms with Gasteiger partial charge in [-0.1, -0.05) is 12.1 Å². The van der Waals surface area contributed by atoms with Crippen LogP contribution in [0, 0.1) is 0 Å². The van der Waals surface area contributed by atoms with Gasteiger partial charge in [-0.15, -0.1) is 11.3 Å². The lowest BCUT2D eigenvalue weighted by atomic mass is 10.2. The van der Waals surface area contributed by atoms with E-state index in [1.807, 2.05) is 17.5 Å². The summed E-state index contributed by atoms with van der Waals surface area (Å²) in [5, 5.41) is 22.2. The minimum Gasteiger partial charge on any atom is -0.507 e. The summed E-state index contributed by atoms with van der Waals surface area (Å²) < 4.78 is 8.33. The number of nitrogens with one attached hydrogen (secondary N) is 1. The normalized spacial score (nSPS) is 10.4. The minimum absolute atomic E-state index is 0.155. The zero-order valence-corrected chi connectivity index (χ0v) is 14.7. The monoisotopic (exact) mass is 374 g/mol. The number of thiazole rings is 1. The molecule has 0 spiro atoms. The summed E-state index contributed by atoms with van der Waals surface area (Å²) in [6.45, 7) is 0. The van der Waals surface area contributed by atoms with E-state index >= 15 is 0 Å². The molecule has 1 aromatic heterocycles. The Labute approximate surface area is 152 Å². The summed E-state index contributed by atoms with van der Waals surface area (Å²) in [5.41, 5.74) is 1.49. The van der Waals surface area contributed by atoms with Crippen LogP contribution in [-0.2, 0) is 0 Å². The van der Waals surface area contributed by atoms with Crippen LogP contribution in [0.25, 0.3) is 10.6 Å². The number of aromatic carboxylic acids is 1. The van der Waals surface area contributed by atoms with Crippen molar-refractivity contribution in [3.63, 3.8) is 0 Å². The number of carbonyl (C=O) groups is 1. The standard InChI is InChI=1S/C17H14N2O4S2/c1-23-14-8-10(17(21)22)6-7-12(14)19-25-15-9-24-16(18-15)11-4-2-3-5-13(11)20/h2-9,19-20H,1H3,(H,21,22). The average Bonchev–Trinajstić information content (AvgIpc) is 3.08. The predicted octanol–water partition coefficient (Wildman–Crippen LogP) is 4.34. The molecule has 8 heteroatoms. The van der Waals surface area contributed by atoms with Gasteiger partial charge < -0.3 is 19.7 Å². The van der Waals surface area contributed by atoms with Gasteiger partial charge in [0, 0.05) is 17.3 Å². The van der Waals surface area contributed by atoms with Crippen molar-refractivity contribution in [2.45, 2.75) is 5.03 Å². The van der Waals surface area contributed by atoms with Crippen LogP contribution in [0.3, 0.4) is 0 Å². The van der Waals surface area contributed by atoms with Crippen LogP contribution >= 0.6 is 23.3 Å². The first-order valence-electron chi connectivity index (χ1n) is 7.16. The van der Waals surface area contributed by atoms with Crippen LogP contribution in [0.5, 0.6) is 11.5 Å². The van der Waals surface area contributed by atoms with Crippen molar-refractivity contribution in [2.75, 3.05) is 11.8 Å². The van der Waals surface area contributed by atoms with Crippen molar-refractivity contribution < 1.29 is 19.7 Å². The van der Waals surface area contributed by atoms with Crippen molar-refractivity contribution in [3.05, 3.63) is 53.4 Å². The van der Waals surface area contributed by atoms with Gasteiger partial charge in [-0.25, -0.2) is 9.78 Å². The number of carboxylic acid groups (broad SMARTS) is 1. The van der Waals surface area contributed by atoms with Crippen molar-refractivity contribution in [1.29, 1.82) is 0 Å². The molecule has 128 valence electrons. The second kappa shape index (κ2) is 7.45. The lowest BCUT2D eigenvalue weighted by Gasteiger charge is -2.10. The molecule has 0 atom stereocenters. The Morgan fingerprint density at radius 2 is 2.08 bits per heavy atom. The van der Waals surface area contributed by atoms with Gasteiger partial charge in [0.05, 0.1) is 23.9 Å². The van der Waals surface area contributed by atoms with E-state index in [4.69, 9.17) is 9.84 Å². The van der Waals surface area contributed by atoms with Crippen molar-refractivity contribution >= 4 is 34.9 Å². The zero-order valence-electron chi connectivity index (χ0n) is 13.1. The summed E-state index contributed by atoms with van der Waals surface area (Å²) in [6, 6.07) is 11.6. The summed E-state index contributed by atoms with van der Waals surface area (Å²) in [5.74, 6) is -0.389. The lowest BCUT2D eigenvalue weighted by Crippen LogP contribution is -1.99. The van der Waals surface area contributed by atoms with E-state index in [1.54, 1.807) is 18.2 Å². The van der Waals surface area contributed by atoms with Crippen LogP contribution in [0.4, 0.5) is 5.69 Å². The molecule has 0 aliphatic carbocycles. The number of methoxy groups -OCH3 is 1. The number of aromatic nitrogens is 1. The highest BCUT2D eigenvalue weighted by atomic mass is 32.2. The van der Waals surface area contributed by atoms with E-state index in [0.29, 0.717) is 17.0 Å². The number of nitrogens with zero attached hydrogens (tertiary/aromatic N) is 1. The zero-order chi connectivity index (χ0) is 17.8. The highest BCUT2D eigenvalue weighted by Crippen LogP contribution is 2.35. The molecule has 6 nitrogen and oxygen atoms in total. The molecule has 3 N–H and O–H groups in total. The third kappa shape index (κ3) is 3.86. The number of anilines is 1. The minimum atomic E-state index is -1.01. The number of para-hydroxylation sites is 1. The Morgan fingerprint density at radius 1 is 1.28 bits per heavy atom. The molecule has 0 fully saturated rings. The van der Waals surface area contributed by atoms with Gasteiger partial charge in [-0.3, -0.25) is 0 Å². The molecule has 3 rings (SSSR count). The van der Waals surface area contributed by atoms with Crippen LogP contribution < -0.4 is 9.46 Å². The molecule has 0 bridgehead atoms. The van der Waals surface area contributed by atoms with E-state index in [9.17, 15) is 9.90 Å². The number of phenols is 1. The van der Waals surface area contributed by atoms with E-state index in [0.717, 1.165) is 10.0 Å². The maximum Gasteiger partial charge on any atom is 0.335 e. The SMILES string of the molecule is COc1cc(C(=O)O)ccc1NSc1csc(-c2ccccc2O)n1. The van der Waals surface area contributed by atoms with E-state index in [1.165, 1.54) is 42.5 Å². The molecule has 0 aliphatic rings. The topological polar surface area (TPSA) is 91.7 Å². The first kappa shape index (κ1) is 17.1. The molecular formula is C17H14N2O4S2. The number of hydrogen-bond donors (Lipinski definition) is 3. The van der Waals surface area contributed by atoms with Gasteiger partial charge in [0.1, 0.15) is 21.5 Å². The van der Waals surface area contributed by atoms with Crippen molar-refractivity contribution in [2.24, 2.45) is 0 Å². The summed E-state index contributed by atoms with van der Waals surface area (Å²) in [4.78, 5) is 15.5. The molecule has 0 saturated carbocycles. The second-order valence-electron chi connectivity index (χ2n) is 4.93. The smallest absolute Gasteiger partial charge is 0.335 e. The maximum atomic E-state index is 11.0. The third-order valence-electron chi connectivity index (χ3n) is 3.33. The Kier molecular flexibility index (Phi) is 5.11. The number of rotatable bonds is 6. The first-order chi connectivity index (χ1) is 12.1. The summed E-state index contributed by atoms with van der Waals surface area (Å²) in [7, 11) is 1.48. The van der Waals surface area contributed by atoms with Crippen LogP contribution in [0.15, 0.2) is 52.9 Å². The molecule has 1 heterocycles. The van der Waals surface area contributed by atoms with E-state index in [2.05, 4.69) is 9.71 Å². The molecule has 0 aliphatic heterocycles. The highest BCUT2D eigenvalue weighted by molar-refractivity contribution is 8.00. The van der Waals surface area contributed by atoms with Crippen LogP contribution in [0.2, 0.25) is 0 Å². The summed E-state index contributed by atoms with van der Waals surface area (Å²) >= 11 is 2.71. The van der Waals surface area contributed by atoms with Crippen LogP contribution in [-0.4, -0.2) is 28.3 Å². The Morgan fingerprint density at radius 3 is 2.80 bits per heavy atom. The Bertz CT molecular complexity index is 911. The molecular weight excluding hydrogens is 360 g/mol. The largest absolute Gasteiger partial charge is 0.507 e. The maximum absolute atomic E-state index is 11.0. The van der Waals surface area contributed by atoms with Gasteiger partial charge >= 0.3 is 5.97 Å². The highest BCUT2D eigenvalue weighted by Gasteiger charge is 2.12. The van der Waals surface area contributed by atoms with E-state index in [-0.39, 0.29) is 11.3 Å². The van der Waals surface area contributed by atoms with Crippen LogP contribution in [0.1, 0.15) is 10.4 Å². The third-order valence-corrected chi connectivity index (χ3v) is 5.10. The average molecular weight is 374 g/mol. The molecule has 2 aromatic carbocycles. The number of aromatic hydroxyl groups is 1. The lowest BCUT2D eigenvalue weighted by molar-refractivity contribution is 0.0696. The fraction of sp³-hybridized carbons (Fsp3) is 0.0588. The van der Waals surface area contributed by atoms with Gasteiger partial charge in [0.2, 0.25) is 0 Å². The number of phenolic OH excluding ortho intramolecular Hbond substituents is 1. The molecule has 0 amide bonds. The quantitative estimate of drug-likeness (QED) is 0.553. The Balaban J connectivity index is 1.75. The van der Waals surface area contributed by atoms with Gasteiger partial charge in [0.25, 0.3) is 0 Å². The molecule has 25 heavy (non-hydrogen) atoms. The van der Waals surface area contributed by atoms with Crippen molar-refractivity contribution in [3.8, 4) is 22.1 Å². The second-order valence-corrected chi connectivity index (χ2v) is 6.62. The first-order valence-corrected chi connectivity index (χ1v) is 8.86. The number of ether oxygens (including phenoxy) is 1. The fourth-order valence-electron chi connectivity index (χ4n) is 2.10. The van der Waals surface area contributed by atoms with Gasteiger partial charge in [-0.2, -0.15) is 0 Å².